The Labute approximate surface area is 95.0 Å². The molecule has 16 heavy (non-hydrogen) atoms. The molecule has 0 spiro atoms. The van der Waals surface area contributed by atoms with Gasteiger partial charge in [-0.05, 0) is 36.5 Å². The van der Waals surface area contributed by atoms with Crippen LogP contribution in [0.1, 0.15) is 30.1 Å². The summed E-state index contributed by atoms with van der Waals surface area (Å²) < 4.78 is 0. The molecule has 4 nitrogen and oxygen atoms in total. The number of primary amides is 1. The predicted molar refractivity (Wildman–Crippen MR) is 65.2 cm³/mol. The molecule has 1 aromatic carbocycles. The Bertz CT molecular complexity index is 424. The molecule has 0 unspecified atom stereocenters. The number of anilines is 2. The topological polar surface area (TPSA) is 81.1 Å². The molecule has 1 aromatic rings. The predicted octanol–water partition coefficient (Wildman–Crippen LogP) is 1.58. The molecule has 0 bridgehead atoms. The Morgan fingerprint density at radius 3 is 2.75 bits per heavy atom. The summed E-state index contributed by atoms with van der Waals surface area (Å²) in [6.45, 7) is 3.12. The first-order valence-electron chi connectivity index (χ1n) is 5.43. The Kier molecular flexibility index (Phi) is 2.50. The normalized spacial score (nSPS) is 16.8. The fourth-order valence-electron chi connectivity index (χ4n) is 1.56. The SMILES string of the molecule is CC1(CNc2cc(C(N)=O)ccc2N)CC1. The summed E-state index contributed by atoms with van der Waals surface area (Å²) >= 11 is 0. The Morgan fingerprint density at radius 1 is 1.50 bits per heavy atom. The van der Waals surface area contributed by atoms with E-state index < -0.39 is 5.91 Å². The van der Waals surface area contributed by atoms with Gasteiger partial charge in [0.05, 0.1) is 11.4 Å². The summed E-state index contributed by atoms with van der Waals surface area (Å²) in [6.07, 6.45) is 2.49. The van der Waals surface area contributed by atoms with Crippen molar-refractivity contribution in [3.05, 3.63) is 23.8 Å². The zero-order valence-electron chi connectivity index (χ0n) is 9.42. The Morgan fingerprint density at radius 2 is 2.19 bits per heavy atom. The van der Waals surface area contributed by atoms with Crippen LogP contribution in [0.25, 0.3) is 0 Å². The third-order valence-electron chi connectivity index (χ3n) is 3.15. The van der Waals surface area contributed by atoms with E-state index in [1.807, 2.05) is 0 Å². The summed E-state index contributed by atoms with van der Waals surface area (Å²) in [6, 6.07) is 5.06. The summed E-state index contributed by atoms with van der Waals surface area (Å²) in [4.78, 5) is 11.0. The second-order valence-corrected chi connectivity index (χ2v) is 4.83. The molecule has 0 atom stereocenters. The van der Waals surface area contributed by atoms with Gasteiger partial charge in [0.1, 0.15) is 0 Å². The largest absolute Gasteiger partial charge is 0.397 e. The molecule has 0 heterocycles. The van der Waals surface area contributed by atoms with E-state index in [9.17, 15) is 4.79 Å². The van der Waals surface area contributed by atoms with Crippen LogP contribution in [0.3, 0.4) is 0 Å². The molecule has 0 aromatic heterocycles. The van der Waals surface area contributed by atoms with Gasteiger partial charge in [-0.25, -0.2) is 0 Å². The van der Waals surface area contributed by atoms with Crippen molar-refractivity contribution in [3.8, 4) is 0 Å². The number of hydrogen-bond donors (Lipinski definition) is 3. The number of nitrogens with one attached hydrogen (secondary N) is 1. The van der Waals surface area contributed by atoms with Crippen molar-refractivity contribution >= 4 is 17.3 Å². The van der Waals surface area contributed by atoms with Gasteiger partial charge < -0.3 is 16.8 Å². The van der Waals surface area contributed by atoms with E-state index in [1.165, 1.54) is 12.8 Å². The minimum Gasteiger partial charge on any atom is -0.397 e. The van der Waals surface area contributed by atoms with E-state index in [0.717, 1.165) is 12.2 Å². The van der Waals surface area contributed by atoms with Crippen molar-refractivity contribution in [1.29, 1.82) is 0 Å². The van der Waals surface area contributed by atoms with Gasteiger partial charge in [-0.1, -0.05) is 6.92 Å². The van der Waals surface area contributed by atoms with Crippen molar-refractivity contribution in [2.45, 2.75) is 19.8 Å². The number of amides is 1. The number of benzene rings is 1. The van der Waals surface area contributed by atoms with Crippen molar-refractivity contribution < 1.29 is 4.79 Å². The van der Waals surface area contributed by atoms with Gasteiger partial charge in [-0.2, -0.15) is 0 Å². The number of nitrogen functional groups attached to an aromatic ring is 1. The molecule has 1 saturated carbocycles. The zero-order valence-corrected chi connectivity index (χ0v) is 9.42. The molecule has 1 aliphatic rings. The average Bonchev–Trinajstić information content (AvgIpc) is 2.95. The van der Waals surface area contributed by atoms with Gasteiger partial charge in [0.25, 0.3) is 0 Å². The first-order valence-corrected chi connectivity index (χ1v) is 5.43. The summed E-state index contributed by atoms with van der Waals surface area (Å²) in [5.41, 5.74) is 13.4. The van der Waals surface area contributed by atoms with Crippen LogP contribution in [0, 0.1) is 5.41 Å². The van der Waals surface area contributed by atoms with E-state index in [2.05, 4.69) is 12.2 Å². The fourth-order valence-corrected chi connectivity index (χ4v) is 1.56. The highest BCUT2D eigenvalue weighted by Gasteiger charge is 2.36. The van der Waals surface area contributed by atoms with Gasteiger partial charge in [0.15, 0.2) is 0 Å². The molecule has 4 heteroatoms. The maximum Gasteiger partial charge on any atom is 0.248 e. The van der Waals surface area contributed by atoms with E-state index >= 15 is 0 Å². The van der Waals surface area contributed by atoms with E-state index in [0.29, 0.717) is 16.7 Å². The second-order valence-electron chi connectivity index (χ2n) is 4.83. The minimum atomic E-state index is -0.430. The second kappa shape index (κ2) is 3.70. The molecule has 86 valence electrons. The van der Waals surface area contributed by atoms with Gasteiger partial charge in [-0.15, -0.1) is 0 Å². The molecule has 0 saturated heterocycles. The van der Waals surface area contributed by atoms with Crippen molar-refractivity contribution in [2.75, 3.05) is 17.6 Å². The van der Waals surface area contributed by atoms with Crippen molar-refractivity contribution in [3.63, 3.8) is 0 Å². The van der Waals surface area contributed by atoms with Crippen molar-refractivity contribution in [2.24, 2.45) is 11.1 Å². The molecule has 0 aliphatic heterocycles. The lowest BCUT2D eigenvalue weighted by Gasteiger charge is -2.13. The minimum absolute atomic E-state index is 0.398. The summed E-state index contributed by atoms with van der Waals surface area (Å²) in [5, 5.41) is 3.28. The highest BCUT2D eigenvalue weighted by molar-refractivity contribution is 5.94. The smallest absolute Gasteiger partial charge is 0.248 e. The number of carbonyl (C=O) groups excluding carboxylic acids is 1. The molecule has 5 N–H and O–H groups in total. The molecule has 1 aliphatic carbocycles. The lowest BCUT2D eigenvalue weighted by atomic mass is 10.1. The monoisotopic (exact) mass is 219 g/mol. The average molecular weight is 219 g/mol. The van der Waals surface area contributed by atoms with Gasteiger partial charge >= 0.3 is 0 Å². The van der Waals surface area contributed by atoms with Crippen LogP contribution in [-0.2, 0) is 0 Å². The number of hydrogen-bond acceptors (Lipinski definition) is 3. The first kappa shape index (κ1) is 10.8. The number of carbonyl (C=O) groups is 1. The van der Waals surface area contributed by atoms with Crippen LogP contribution < -0.4 is 16.8 Å². The Balaban J connectivity index is 2.12. The zero-order chi connectivity index (χ0) is 11.8. The van der Waals surface area contributed by atoms with Crippen LogP contribution in [0.15, 0.2) is 18.2 Å². The van der Waals surface area contributed by atoms with Crippen LogP contribution in [0.2, 0.25) is 0 Å². The van der Waals surface area contributed by atoms with Crippen LogP contribution in [0.4, 0.5) is 11.4 Å². The van der Waals surface area contributed by atoms with E-state index in [4.69, 9.17) is 11.5 Å². The quantitative estimate of drug-likeness (QED) is 0.672. The van der Waals surface area contributed by atoms with Crippen LogP contribution in [-0.4, -0.2) is 12.5 Å². The van der Waals surface area contributed by atoms with Crippen molar-refractivity contribution in [1.82, 2.24) is 0 Å². The highest BCUT2D eigenvalue weighted by atomic mass is 16.1. The Hall–Kier alpha value is -1.71. The fraction of sp³-hybridized carbons (Fsp3) is 0.417. The van der Waals surface area contributed by atoms with E-state index in [1.54, 1.807) is 18.2 Å². The molecular formula is C12H17N3O. The number of nitrogens with two attached hydrogens (primary N) is 2. The third kappa shape index (κ3) is 2.27. The lowest BCUT2D eigenvalue weighted by molar-refractivity contribution is 0.100. The van der Waals surface area contributed by atoms with Gasteiger partial charge in [-0.3, -0.25) is 4.79 Å². The molecule has 2 rings (SSSR count). The van der Waals surface area contributed by atoms with Gasteiger partial charge in [0, 0.05) is 12.1 Å². The lowest BCUT2D eigenvalue weighted by Crippen LogP contribution is -2.15. The summed E-state index contributed by atoms with van der Waals surface area (Å²) in [5.74, 6) is -0.430. The third-order valence-corrected chi connectivity index (χ3v) is 3.15. The van der Waals surface area contributed by atoms with Crippen LogP contribution in [0.5, 0.6) is 0 Å². The molecule has 1 amide bonds. The summed E-state index contributed by atoms with van der Waals surface area (Å²) in [7, 11) is 0. The molecule has 1 fully saturated rings. The molecule has 0 radical (unpaired) electrons. The molecular weight excluding hydrogens is 202 g/mol. The maximum absolute atomic E-state index is 11.0. The standard InChI is InChI=1S/C12H17N3O/c1-12(4-5-12)7-15-10-6-8(11(14)16)2-3-9(10)13/h2-3,6,15H,4-5,7,13H2,1H3,(H2,14,16). The van der Waals surface area contributed by atoms with Crippen LogP contribution >= 0.6 is 0 Å². The first-order chi connectivity index (χ1) is 7.50. The maximum atomic E-state index is 11.0. The number of rotatable bonds is 4. The van der Waals surface area contributed by atoms with Gasteiger partial charge in [0.2, 0.25) is 5.91 Å². The van der Waals surface area contributed by atoms with E-state index in [-0.39, 0.29) is 0 Å². The highest BCUT2D eigenvalue weighted by Crippen LogP contribution is 2.45.